The number of hydrogen-bond acceptors (Lipinski definition) is 5. The van der Waals surface area contributed by atoms with Crippen molar-refractivity contribution in [3.8, 4) is 5.75 Å². The third-order valence-corrected chi connectivity index (χ3v) is 4.77. The largest absolute Gasteiger partial charge is 0.506 e. The molecule has 0 unspecified atom stereocenters. The predicted molar refractivity (Wildman–Crippen MR) is 100 cm³/mol. The molecule has 3 N–H and O–H groups in total. The van der Waals surface area contributed by atoms with E-state index >= 15 is 0 Å². The fraction of sp³-hybridized carbons (Fsp3) is 0.286. The molecule has 28 heavy (non-hydrogen) atoms. The summed E-state index contributed by atoms with van der Waals surface area (Å²) >= 11 is 0. The molecule has 0 aliphatic carbocycles. The summed E-state index contributed by atoms with van der Waals surface area (Å²) in [5.74, 6) is -3.14. The van der Waals surface area contributed by atoms with Gasteiger partial charge >= 0.3 is 11.9 Å². The molecule has 7 nitrogen and oxygen atoms in total. The number of phenols is 1. The Bertz CT molecular complexity index is 938. The van der Waals surface area contributed by atoms with E-state index in [0.29, 0.717) is 17.5 Å². The highest BCUT2D eigenvalue weighted by atomic mass is 16.5. The average molecular weight is 383 g/mol. The molecule has 0 bridgehead atoms. The Balaban J connectivity index is 1.89. The number of rotatable bonds is 5. The van der Waals surface area contributed by atoms with Crippen molar-refractivity contribution in [3.63, 3.8) is 0 Å². The van der Waals surface area contributed by atoms with Crippen LogP contribution in [-0.4, -0.2) is 40.2 Å². The number of phenolic OH excluding ortho intramolecular Hbond substituents is 1. The molecule has 0 saturated carbocycles. The van der Waals surface area contributed by atoms with E-state index in [0.717, 1.165) is 5.56 Å². The topological polar surface area (TPSA) is 113 Å². The molecule has 146 valence electrons. The van der Waals surface area contributed by atoms with Crippen molar-refractivity contribution in [3.05, 3.63) is 64.2 Å². The van der Waals surface area contributed by atoms with Crippen molar-refractivity contribution in [2.24, 2.45) is 0 Å². The first-order chi connectivity index (χ1) is 13.3. The summed E-state index contributed by atoms with van der Waals surface area (Å²) in [5, 5.41) is 22.4. The lowest BCUT2D eigenvalue weighted by atomic mass is 9.91. The van der Waals surface area contributed by atoms with Crippen LogP contribution in [0.4, 0.5) is 0 Å². The highest BCUT2D eigenvalue weighted by Gasteiger charge is 2.32. The van der Waals surface area contributed by atoms with Gasteiger partial charge in [0.25, 0.3) is 5.91 Å². The molecule has 1 aliphatic rings. The first-order valence-corrected chi connectivity index (χ1v) is 8.92. The normalized spacial score (nSPS) is 16.6. The highest BCUT2D eigenvalue weighted by molar-refractivity contribution is 6.04. The Morgan fingerprint density at radius 3 is 2.61 bits per heavy atom. The van der Waals surface area contributed by atoms with E-state index < -0.39 is 29.6 Å². The van der Waals surface area contributed by atoms with Gasteiger partial charge in [0, 0.05) is 12.8 Å². The molecular formula is C21H21NO6. The number of hydrogen-bond donors (Lipinski definition) is 3. The van der Waals surface area contributed by atoms with E-state index in [-0.39, 0.29) is 23.7 Å². The van der Waals surface area contributed by atoms with E-state index in [9.17, 15) is 24.6 Å². The van der Waals surface area contributed by atoms with Gasteiger partial charge in [-0.1, -0.05) is 30.3 Å². The number of cyclic esters (lactones) is 1. The summed E-state index contributed by atoms with van der Waals surface area (Å²) in [6.45, 7) is 3.48. The molecule has 2 aromatic carbocycles. The maximum atomic E-state index is 12.7. The van der Waals surface area contributed by atoms with Gasteiger partial charge in [0.2, 0.25) is 0 Å². The van der Waals surface area contributed by atoms with E-state index in [1.807, 2.05) is 6.07 Å². The number of benzene rings is 2. The summed E-state index contributed by atoms with van der Waals surface area (Å²) in [7, 11) is 0. The number of carboxylic acids is 1. The molecule has 0 aromatic heterocycles. The first-order valence-electron chi connectivity index (χ1n) is 8.92. The monoisotopic (exact) mass is 383 g/mol. The molecule has 2 aromatic rings. The van der Waals surface area contributed by atoms with Crippen LogP contribution in [0.25, 0.3) is 0 Å². The minimum Gasteiger partial charge on any atom is -0.506 e. The molecule has 3 rings (SSSR count). The van der Waals surface area contributed by atoms with Gasteiger partial charge in [-0.15, -0.1) is 0 Å². The number of nitrogens with one attached hydrogen (secondary N) is 1. The smallest absolute Gasteiger partial charge is 0.342 e. The second-order valence-corrected chi connectivity index (χ2v) is 6.92. The Morgan fingerprint density at radius 1 is 1.29 bits per heavy atom. The molecule has 0 saturated heterocycles. The standard InChI is InChI=1S/C21H21NO6/c1-11-8-15(18(23)17-14(11)9-12(2)28-21(17)27)19(24)22-16(20(25)26)10-13-6-4-3-5-7-13/h3-8,12,16,23H,9-10H2,1-2H3,(H,22,24)(H,25,26)/t12-,16+/m1/s1. The van der Waals surface area contributed by atoms with Crippen molar-refractivity contribution in [1.29, 1.82) is 0 Å². The van der Waals surface area contributed by atoms with Crippen LogP contribution in [0.15, 0.2) is 36.4 Å². The van der Waals surface area contributed by atoms with E-state index in [4.69, 9.17) is 4.74 Å². The van der Waals surface area contributed by atoms with Crippen molar-refractivity contribution in [2.45, 2.75) is 38.8 Å². The fourth-order valence-corrected chi connectivity index (χ4v) is 3.36. The van der Waals surface area contributed by atoms with Crippen LogP contribution in [0.5, 0.6) is 5.75 Å². The lowest BCUT2D eigenvalue weighted by Crippen LogP contribution is -2.42. The van der Waals surface area contributed by atoms with Crippen LogP contribution >= 0.6 is 0 Å². The van der Waals surface area contributed by atoms with Crippen LogP contribution < -0.4 is 5.32 Å². The van der Waals surface area contributed by atoms with Gasteiger partial charge in [-0.2, -0.15) is 0 Å². The van der Waals surface area contributed by atoms with Gasteiger partial charge in [-0.3, -0.25) is 4.79 Å². The van der Waals surface area contributed by atoms with Gasteiger partial charge in [0.05, 0.1) is 5.56 Å². The average Bonchev–Trinajstić information content (AvgIpc) is 2.64. The molecule has 0 radical (unpaired) electrons. The van der Waals surface area contributed by atoms with Gasteiger partial charge in [0.15, 0.2) is 0 Å². The number of ether oxygens (including phenoxy) is 1. The quantitative estimate of drug-likeness (QED) is 0.683. The van der Waals surface area contributed by atoms with Gasteiger partial charge in [-0.25, -0.2) is 9.59 Å². The molecule has 1 heterocycles. The van der Waals surface area contributed by atoms with Crippen LogP contribution in [0, 0.1) is 6.92 Å². The van der Waals surface area contributed by atoms with E-state index in [1.54, 1.807) is 38.1 Å². The van der Waals surface area contributed by atoms with Crippen molar-refractivity contribution in [2.75, 3.05) is 0 Å². The predicted octanol–water partition coefficient (Wildman–Crippen LogP) is 2.23. The van der Waals surface area contributed by atoms with Crippen molar-refractivity contribution in [1.82, 2.24) is 5.32 Å². The lowest BCUT2D eigenvalue weighted by molar-refractivity contribution is -0.139. The zero-order chi connectivity index (χ0) is 20.4. The highest BCUT2D eigenvalue weighted by Crippen LogP contribution is 2.34. The summed E-state index contributed by atoms with van der Waals surface area (Å²) < 4.78 is 5.16. The molecular weight excluding hydrogens is 362 g/mol. The van der Waals surface area contributed by atoms with Crippen LogP contribution in [0.2, 0.25) is 0 Å². The summed E-state index contributed by atoms with van der Waals surface area (Å²) in [6.07, 6.45) is 0.209. The number of carboxylic acid groups (broad SMARTS) is 1. The third-order valence-electron chi connectivity index (χ3n) is 4.77. The maximum absolute atomic E-state index is 12.7. The second kappa shape index (κ2) is 7.72. The zero-order valence-electron chi connectivity index (χ0n) is 15.6. The minimum absolute atomic E-state index is 0.0295. The number of aliphatic carboxylic acids is 1. The van der Waals surface area contributed by atoms with Crippen LogP contribution in [0.3, 0.4) is 0 Å². The van der Waals surface area contributed by atoms with Gasteiger partial charge in [-0.05, 0) is 36.6 Å². The number of aryl methyl sites for hydroxylation is 1. The maximum Gasteiger partial charge on any atom is 0.342 e. The lowest BCUT2D eigenvalue weighted by Gasteiger charge is -2.25. The summed E-state index contributed by atoms with van der Waals surface area (Å²) in [4.78, 5) is 36.5. The molecule has 0 fully saturated rings. The Morgan fingerprint density at radius 2 is 1.96 bits per heavy atom. The van der Waals surface area contributed by atoms with E-state index in [1.165, 1.54) is 6.07 Å². The Hall–Kier alpha value is -3.35. The summed E-state index contributed by atoms with van der Waals surface area (Å²) in [5.41, 5.74) is 1.87. The van der Waals surface area contributed by atoms with Crippen LogP contribution in [-0.2, 0) is 22.4 Å². The molecule has 1 aliphatic heterocycles. The van der Waals surface area contributed by atoms with Crippen molar-refractivity contribution >= 4 is 17.8 Å². The molecule has 0 spiro atoms. The number of amides is 1. The minimum atomic E-state index is -1.19. The number of esters is 1. The third kappa shape index (κ3) is 3.83. The van der Waals surface area contributed by atoms with Crippen LogP contribution in [0.1, 0.15) is 44.3 Å². The van der Waals surface area contributed by atoms with Gasteiger partial charge in [0.1, 0.15) is 23.5 Å². The number of carbonyl (C=O) groups excluding carboxylic acids is 2. The summed E-state index contributed by atoms with van der Waals surface area (Å²) in [6, 6.07) is 9.18. The molecule has 1 amide bonds. The SMILES string of the molecule is Cc1cc(C(=O)N[C@@H](Cc2ccccc2)C(=O)O)c(O)c2c1C[C@@H](C)OC2=O. The second-order valence-electron chi connectivity index (χ2n) is 6.92. The van der Waals surface area contributed by atoms with E-state index in [2.05, 4.69) is 5.32 Å². The fourth-order valence-electron chi connectivity index (χ4n) is 3.36. The first kappa shape index (κ1) is 19.4. The molecule has 7 heteroatoms. The number of fused-ring (bicyclic) bond motifs is 1. The Labute approximate surface area is 162 Å². The zero-order valence-corrected chi connectivity index (χ0v) is 15.6. The Kier molecular flexibility index (Phi) is 5.35. The van der Waals surface area contributed by atoms with Gasteiger partial charge < -0.3 is 20.3 Å². The number of carbonyl (C=O) groups is 3. The number of aromatic hydroxyl groups is 1. The van der Waals surface area contributed by atoms with Crippen molar-refractivity contribution < 1.29 is 29.3 Å². The molecule has 2 atom stereocenters.